The van der Waals surface area contributed by atoms with Crippen molar-refractivity contribution in [3.8, 4) is 5.75 Å². The smallest absolute Gasteiger partial charge is 0.279 e. The van der Waals surface area contributed by atoms with Crippen LogP contribution >= 0.6 is 11.6 Å². The summed E-state index contributed by atoms with van der Waals surface area (Å²) in [5, 5.41) is 3.55. The van der Waals surface area contributed by atoms with E-state index in [0.717, 1.165) is 18.7 Å². The topological polar surface area (TPSA) is 42.8 Å². The lowest BCUT2D eigenvalue weighted by molar-refractivity contribution is -0.878. The highest BCUT2D eigenvalue weighted by Gasteiger charge is 2.19. The number of hydrogen-bond acceptors (Lipinski definition) is 2. The van der Waals surface area contributed by atoms with Crippen molar-refractivity contribution in [1.82, 2.24) is 0 Å². The summed E-state index contributed by atoms with van der Waals surface area (Å²) in [6, 6.07) is 3.58. The third-order valence-corrected chi connectivity index (χ3v) is 3.88. The molecule has 1 aromatic carbocycles. The van der Waals surface area contributed by atoms with E-state index >= 15 is 0 Å². The summed E-state index contributed by atoms with van der Waals surface area (Å²) >= 11 is 6.04. The van der Waals surface area contributed by atoms with Gasteiger partial charge in [-0.1, -0.05) is 11.6 Å². The van der Waals surface area contributed by atoms with Gasteiger partial charge in [0, 0.05) is 23.9 Å². The number of rotatable bonds is 4. The first-order chi connectivity index (χ1) is 9.10. The number of likely N-dealkylation sites (tertiary alicyclic amines) is 1. The van der Waals surface area contributed by atoms with Gasteiger partial charge in [0.1, 0.15) is 5.75 Å². The Balaban J connectivity index is 2.04. The number of carbonyl (C=O) groups is 1. The number of halogens is 1. The van der Waals surface area contributed by atoms with E-state index in [9.17, 15) is 4.79 Å². The van der Waals surface area contributed by atoms with E-state index in [1.165, 1.54) is 17.7 Å². The third-order valence-electron chi connectivity index (χ3n) is 3.48. The molecular weight excluding hydrogens is 264 g/mol. The van der Waals surface area contributed by atoms with Crippen molar-refractivity contribution in [3.05, 3.63) is 22.7 Å². The summed E-state index contributed by atoms with van der Waals surface area (Å²) in [6.07, 6.45) is 2.43. The molecule has 1 aliphatic heterocycles. The Hall–Kier alpha value is -1.26. The Labute approximate surface area is 118 Å². The Morgan fingerprint density at radius 3 is 2.74 bits per heavy atom. The van der Waals surface area contributed by atoms with Crippen LogP contribution in [0.15, 0.2) is 12.1 Å². The second-order valence-corrected chi connectivity index (χ2v) is 5.39. The zero-order chi connectivity index (χ0) is 13.8. The zero-order valence-electron chi connectivity index (χ0n) is 11.4. The molecule has 0 atom stereocenters. The van der Waals surface area contributed by atoms with Crippen LogP contribution < -0.4 is 15.0 Å². The molecule has 0 saturated carbocycles. The first-order valence-corrected chi connectivity index (χ1v) is 6.95. The van der Waals surface area contributed by atoms with Crippen molar-refractivity contribution in [2.75, 3.05) is 32.1 Å². The largest absolute Gasteiger partial charge is 0.495 e. The molecule has 0 bridgehead atoms. The SMILES string of the molecule is COc1cc(Cl)c(C)cc1NC(=O)C[NH+]1CCCC1. The van der Waals surface area contributed by atoms with Crippen molar-refractivity contribution in [2.24, 2.45) is 0 Å². The number of aryl methyl sites for hydroxylation is 1. The summed E-state index contributed by atoms with van der Waals surface area (Å²) in [5.41, 5.74) is 1.61. The number of nitrogens with one attached hydrogen (secondary N) is 2. The second-order valence-electron chi connectivity index (χ2n) is 4.98. The maximum absolute atomic E-state index is 12.0. The van der Waals surface area contributed by atoms with Crippen LogP contribution in [-0.4, -0.2) is 32.7 Å². The third kappa shape index (κ3) is 3.61. The summed E-state index contributed by atoms with van der Waals surface area (Å²) in [6.45, 7) is 4.60. The van der Waals surface area contributed by atoms with Gasteiger partial charge in [0.25, 0.3) is 5.91 Å². The van der Waals surface area contributed by atoms with E-state index in [-0.39, 0.29) is 5.91 Å². The molecule has 1 fully saturated rings. The van der Waals surface area contributed by atoms with E-state index in [1.54, 1.807) is 13.2 Å². The molecule has 0 aromatic heterocycles. The molecule has 19 heavy (non-hydrogen) atoms. The fourth-order valence-electron chi connectivity index (χ4n) is 2.40. The Kier molecular flexibility index (Phi) is 4.66. The second kappa shape index (κ2) is 6.26. The molecule has 1 aromatic rings. The number of methoxy groups -OCH3 is 1. The number of carbonyl (C=O) groups excluding carboxylic acids is 1. The lowest BCUT2D eigenvalue weighted by Gasteiger charge is -2.14. The molecule has 104 valence electrons. The number of hydrogen-bond donors (Lipinski definition) is 2. The van der Waals surface area contributed by atoms with Gasteiger partial charge in [-0.15, -0.1) is 0 Å². The van der Waals surface area contributed by atoms with Crippen LogP contribution in [-0.2, 0) is 4.79 Å². The van der Waals surface area contributed by atoms with Crippen molar-refractivity contribution >= 4 is 23.2 Å². The van der Waals surface area contributed by atoms with Crippen molar-refractivity contribution < 1.29 is 14.4 Å². The molecule has 1 aliphatic rings. The average molecular weight is 284 g/mol. The van der Waals surface area contributed by atoms with Gasteiger partial charge in [-0.3, -0.25) is 4.79 Å². The van der Waals surface area contributed by atoms with Crippen LogP contribution in [0.3, 0.4) is 0 Å². The maximum Gasteiger partial charge on any atom is 0.279 e. The van der Waals surface area contributed by atoms with Crippen molar-refractivity contribution in [3.63, 3.8) is 0 Å². The highest BCUT2D eigenvalue weighted by atomic mass is 35.5. The number of quaternary nitrogens is 1. The van der Waals surface area contributed by atoms with E-state index in [4.69, 9.17) is 16.3 Å². The van der Waals surface area contributed by atoms with Gasteiger partial charge < -0.3 is 15.0 Å². The predicted octanol–water partition coefficient (Wildman–Crippen LogP) is 1.27. The van der Waals surface area contributed by atoms with Crippen LogP contribution in [0.2, 0.25) is 5.02 Å². The molecule has 0 unspecified atom stereocenters. The van der Waals surface area contributed by atoms with Gasteiger partial charge in [0.05, 0.1) is 25.9 Å². The number of ether oxygens (including phenoxy) is 1. The molecule has 1 heterocycles. The van der Waals surface area contributed by atoms with Crippen molar-refractivity contribution in [2.45, 2.75) is 19.8 Å². The van der Waals surface area contributed by atoms with Gasteiger partial charge in [-0.05, 0) is 18.6 Å². The highest BCUT2D eigenvalue weighted by molar-refractivity contribution is 6.31. The molecule has 0 radical (unpaired) electrons. The summed E-state index contributed by atoms with van der Waals surface area (Å²) in [7, 11) is 1.57. The zero-order valence-corrected chi connectivity index (χ0v) is 12.1. The fraction of sp³-hybridized carbons (Fsp3) is 0.500. The van der Waals surface area contributed by atoms with Gasteiger partial charge >= 0.3 is 0 Å². The Morgan fingerprint density at radius 2 is 2.11 bits per heavy atom. The molecule has 1 amide bonds. The van der Waals surface area contributed by atoms with Crippen LogP contribution in [0.5, 0.6) is 5.75 Å². The lowest BCUT2D eigenvalue weighted by atomic mass is 10.2. The maximum atomic E-state index is 12.0. The monoisotopic (exact) mass is 283 g/mol. The van der Waals surface area contributed by atoms with Crippen LogP contribution in [0.25, 0.3) is 0 Å². The quantitative estimate of drug-likeness (QED) is 0.874. The molecule has 1 saturated heterocycles. The van der Waals surface area contributed by atoms with E-state index in [0.29, 0.717) is 23.0 Å². The molecule has 2 rings (SSSR count). The molecular formula is C14H20ClN2O2+. The number of benzene rings is 1. The van der Waals surface area contributed by atoms with Gasteiger partial charge in [-0.25, -0.2) is 0 Å². The van der Waals surface area contributed by atoms with Gasteiger partial charge in [-0.2, -0.15) is 0 Å². The Bertz CT molecular complexity index is 471. The van der Waals surface area contributed by atoms with Crippen molar-refractivity contribution in [1.29, 1.82) is 0 Å². The summed E-state index contributed by atoms with van der Waals surface area (Å²) < 4.78 is 5.25. The van der Waals surface area contributed by atoms with Crippen LogP contribution in [0.4, 0.5) is 5.69 Å². The lowest BCUT2D eigenvalue weighted by Crippen LogP contribution is -3.11. The minimum Gasteiger partial charge on any atom is -0.495 e. The first kappa shape index (κ1) is 14.2. The fourth-order valence-corrected chi connectivity index (χ4v) is 2.56. The molecule has 4 nitrogen and oxygen atoms in total. The normalized spacial score (nSPS) is 15.5. The minimum absolute atomic E-state index is 0.0249. The van der Waals surface area contributed by atoms with Gasteiger partial charge in [0.15, 0.2) is 6.54 Å². The molecule has 0 aliphatic carbocycles. The highest BCUT2D eigenvalue weighted by Crippen LogP contribution is 2.30. The first-order valence-electron chi connectivity index (χ1n) is 6.57. The van der Waals surface area contributed by atoms with E-state index < -0.39 is 0 Å². The van der Waals surface area contributed by atoms with Crippen LogP contribution in [0.1, 0.15) is 18.4 Å². The summed E-state index contributed by atoms with van der Waals surface area (Å²) in [5.74, 6) is 0.622. The average Bonchev–Trinajstić information content (AvgIpc) is 2.86. The summed E-state index contributed by atoms with van der Waals surface area (Å²) in [4.78, 5) is 13.4. The van der Waals surface area contributed by atoms with E-state index in [1.807, 2.05) is 13.0 Å². The van der Waals surface area contributed by atoms with Crippen LogP contribution in [0, 0.1) is 6.92 Å². The standard InChI is InChI=1S/C14H19ClN2O2/c1-10-7-12(13(19-2)8-11(10)15)16-14(18)9-17-5-3-4-6-17/h7-8H,3-6,9H2,1-2H3,(H,16,18)/p+1. The molecule has 5 heteroatoms. The molecule has 0 spiro atoms. The predicted molar refractivity (Wildman–Crippen MR) is 76.2 cm³/mol. The van der Waals surface area contributed by atoms with Gasteiger partial charge in [0.2, 0.25) is 0 Å². The van der Waals surface area contributed by atoms with E-state index in [2.05, 4.69) is 5.32 Å². The minimum atomic E-state index is 0.0249. The Morgan fingerprint density at radius 1 is 1.42 bits per heavy atom. The number of amides is 1. The molecule has 2 N–H and O–H groups in total. The number of anilines is 1.